The normalized spacial score (nSPS) is 33.9. The standard InChI is InChI=1S/C25H36N2O4S/c1-17-2-4-22(5-3-17)32(30,31)27-8-6-21(7-9-27)26-24(29)23(28)16-25-13-18-10-19(14-25)12-20(11-18)15-25/h2-5,18-21,23,28H,6-16H2,1H3,(H,26,29). The molecule has 1 heterocycles. The molecule has 4 aliphatic carbocycles. The van der Waals surface area contributed by atoms with E-state index >= 15 is 0 Å². The fraction of sp³-hybridized carbons (Fsp3) is 0.720. The summed E-state index contributed by atoms with van der Waals surface area (Å²) in [6.45, 7) is 2.70. The molecule has 0 radical (unpaired) electrons. The predicted molar refractivity (Wildman–Crippen MR) is 122 cm³/mol. The Morgan fingerprint density at radius 1 is 1.06 bits per heavy atom. The molecule has 1 aliphatic heterocycles. The van der Waals surface area contributed by atoms with Gasteiger partial charge < -0.3 is 10.4 Å². The Bertz CT molecular complexity index is 915. The van der Waals surface area contributed by atoms with Gasteiger partial charge in [0, 0.05) is 19.1 Å². The number of aliphatic hydroxyl groups is 1. The van der Waals surface area contributed by atoms with E-state index in [1.54, 1.807) is 12.1 Å². The first kappa shape index (κ1) is 22.4. The molecule has 0 aromatic heterocycles. The average Bonchev–Trinajstić information content (AvgIpc) is 2.73. The number of carbonyl (C=O) groups excluding carboxylic acids is 1. The van der Waals surface area contributed by atoms with Crippen LogP contribution in [0.3, 0.4) is 0 Å². The fourth-order valence-corrected chi connectivity index (χ4v) is 8.91. The van der Waals surface area contributed by atoms with Gasteiger partial charge in [-0.3, -0.25) is 4.79 Å². The Morgan fingerprint density at radius 2 is 1.59 bits per heavy atom. The monoisotopic (exact) mass is 460 g/mol. The van der Waals surface area contributed by atoms with Gasteiger partial charge in [0.15, 0.2) is 0 Å². The van der Waals surface area contributed by atoms with E-state index in [0.29, 0.717) is 37.2 Å². The Hall–Kier alpha value is -1.44. The molecule has 1 aromatic carbocycles. The Kier molecular flexibility index (Phi) is 5.87. The molecule has 1 saturated heterocycles. The number of benzene rings is 1. The van der Waals surface area contributed by atoms with Gasteiger partial charge in [0.2, 0.25) is 15.9 Å². The zero-order chi connectivity index (χ0) is 22.5. The maximum absolute atomic E-state index is 12.9. The molecule has 2 N–H and O–H groups in total. The van der Waals surface area contributed by atoms with Crippen LogP contribution in [-0.2, 0) is 14.8 Å². The molecule has 7 heteroatoms. The first-order valence-electron chi connectivity index (χ1n) is 12.3. The van der Waals surface area contributed by atoms with Gasteiger partial charge in [-0.25, -0.2) is 8.42 Å². The van der Waals surface area contributed by atoms with Crippen molar-refractivity contribution in [2.45, 2.75) is 81.8 Å². The van der Waals surface area contributed by atoms with Crippen molar-refractivity contribution in [1.29, 1.82) is 0 Å². The van der Waals surface area contributed by atoms with E-state index < -0.39 is 16.1 Å². The van der Waals surface area contributed by atoms with Crippen LogP contribution in [0.25, 0.3) is 0 Å². The predicted octanol–water partition coefficient (Wildman–Crippen LogP) is 3.23. The van der Waals surface area contributed by atoms with Crippen LogP contribution in [0.15, 0.2) is 29.2 Å². The smallest absolute Gasteiger partial charge is 0.249 e. The van der Waals surface area contributed by atoms with Crippen LogP contribution < -0.4 is 5.32 Å². The van der Waals surface area contributed by atoms with E-state index in [1.807, 2.05) is 19.1 Å². The molecule has 4 bridgehead atoms. The Labute approximate surface area is 191 Å². The fourth-order valence-electron chi connectivity index (χ4n) is 7.44. The summed E-state index contributed by atoms with van der Waals surface area (Å²) in [5.74, 6) is 2.13. The summed E-state index contributed by atoms with van der Waals surface area (Å²) in [5, 5.41) is 13.8. The number of aliphatic hydroxyl groups excluding tert-OH is 1. The minimum absolute atomic E-state index is 0.0852. The maximum Gasteiger partial charge on any atom is 0.249 e. The molecule has 6 rings (SSSR count). The molecule has 5 fully saturated rings. The van der Waals surface area contributed by atoms with E-state index in [2.05, 4.69) is 5.32 Å². The number of amides is 1. The first-order chi connectivity index (χ1) is 15.2. The largest absolute Gasteiger partial charge is 0.383 e. The highest BCUT2D eigenvalue weighted by atomic mass is 32.2. The van der Waals surface area contributed by atoms with Crippen molar-refractivity contribution >= 4 is 15.9 Å². The van der Waals surface area contributed by atoms with Crippen molar-refractivity contribution in [1.82, 2.24) is 9.62 Å². The summed E-state index contributed by atoms with van der Waals surface area (Å²) in [7, 11) is -3.51. The van der Waals surface area contributed by atoms with Crippen molar-refractivity contribution in [3.05, 3.63) is 29.8 Å². The summed E-state index contributed by atoms with van der Waals surface area (Å²) in [5.41, 5.74) is 1.19. The minimum Gasteiger partial charge on any atom is -0.383 e. The topological polar surface area (TPSA) is 86.7 Å². The van der Waals surface area contributed by atoms with Crippen LogP contribution in [0.2, 0.25) is 0 Å². The van der Waals surface area contributed by atoms with Gasteiger partial charge in [-0.05, 0) is 100 Å². The highest BCUT2D eigenvalue weighted by Crippen LogP contribution is 2.61. The van der Waals surface area contributed by atoms with Crippen molar-refractivity contribution in [2.75, 3.05) is 13.1 Å². The second-order valence-corrected chi connectivity index (χ2v) is 13.1. The number of hydrogen-bond donors (Lipinski definition) is 2. The quantitative estimate of drug-likeness (QED) is 0.682. The summed E-state index contributed by atoms with van der Waals surface area (Å²) in [6, 6.07) is 6.84. The third-order valence-corrected chi connectivity index (χ3v) is 10.5. The summed E-state index contributed by atoms with van der Waals surface area (Å²) in [6.07, 6.45) is 8.37. The SMILES string of the molecule is Cc1ccc(S(=O)(=O)N2CCC(NC(=O)C(O)CC34CC5CC(CC(C5)C3)C4)CC2)cc1. The number of aryl methyl sites for hydroxylation is 1. The van der Waals surface area contributed by atoms with Crippen molar-refractivity contribution in [2.24, 2.45) is 23.2 Å². The number of sulfonamides is 1. The molecule has 1 amide bonds. The third-order valence-electron chi connectivity index (χ3n) is 8.55. The number of hydrogen-bond acceptors (Lipinski definition) is 4. The van der Waals surface area contributed by atoms with Crippen LogP contribution in [0, 0.1) is 30.1 Å². The lowest BCUT2D eigenvalue weighted by Gasteiger charge is -2.57. The second kappa shape index (κ2) is 8.41. The molecule has 4 saturated carbocycles. The highest BCUT2D eigenvalue weighted by Gasteiger charge is 2.51. The second-order valence-electron chi connectivity index (χ2n) is 11.1. The summed E-state index contributed by atoms with van der Waals surface area (Å²) < 4.78 is 27.3. The zero-order valence-corrected chi connectivity index (χ0v) is 19.8. The van der Waals surface area contributed by atoms with Crippen molar-refractivity contribution < 1.29 is 18.3 Å². The van der Waals surface area contributed by atoms with Crippen LogP contribution in [0.4, 0.5) is 0 Å². The number of carbonyl (C=O) groups is 1. The van der Waals surface area contributed by atoms with E-state index in [-0.39, 0.29) is 17.4 Å². The van der Waals surface area contributed by atoms with Crippen LogP contribution in [-0.4, -0.2) is 49.0 Å². The molecule has 5 aliphatic rings. The molecule has 6 nitrogen and oxygen atoms in total. The molecule has 1 atom stereocenters. The van der Waals surface area contributed by atoms with E-state index in [0.717, 1.165) is 23.3 Å². The number of piperidine rings is 1. The van der Waals surface area contributed by atoms with Crippen molar-refractivity contribution in [3.8, 4) is 0 Å². The molecule has 176 valence electrons. The van der Waals surface area contributed by atoms with Crippen LogP contribution in [0.5, 0.6) is 0 Å². The van der Waals surface area contributed by atoms with Gasteiger partial charge in [0.05, 0.1) is 4.90 Å². The van der Waals surface area contributed by atoms with E-state index in [1.165, 1.54) is 42.8 Å². The molecule has 32 heavy (non-hydrogen) atoms. The van der Waals surface area contributed by atoms with Gasteiger partial charge in [-0.1, -0.05) is 17.7 Å². The molecule has 1 unspecified atom stereocenters. The Morgan fingerprint density at radius 3 is 2.12 bits per heavy atom. The number of nitrogens with zero attached hydrogens (tertiary/aromatic N) is 1. The lowest BCUT2D eigenvalue weighted by molar-refractivity contribution is -0.136. The van der Waals surface area contributed by atoms with Crippen LogP contribution in [0.1, 0.15) is 63.4 Å². The van der Waals surface area contributed by atoms with Gasteiger partial charge in [0.25, 0.3) is 0 Å². The lowest BCUT2D eigenvalue weighted by atomic mass is 9.48. The van der Waals surface area contributed by atoms with Gasteiger partial charge >= 0.3 is 0 Å². The summed E-state index contributed by atoms with van der Waals surface area (Å²) >= 11 is 0. The highest BCUT2D eigenvalue weighted by molar-refractivity contribution is 7.89. The molecular weight excluding hydrogens is 424 g/mol. The lowest BCUT2D eigenvalue weighted by Crippen LogP contribution is -2.51. The maximum atomic E-state index is 12.9. The van der Waals surface area contributed by atoms with Gasteiger partial charge in [-0.15, -0.1) is 0 Å². The summed E-state index contributed by atoms with van der Waals surface area (Å²) in [4.78, 5) is 13.1. The number of nitrogens with one attached hydrogen (secondary N) is 1. The molecule has 0 spiro atoms. The minimum atomic E-state index is -3.51. The van der Waals surface area contributed by atoms with Crippen molar-refractivity contribution in [3.63, 3.8) is 0 Å². The first-order valence-corrected chi connectivity index (χ1v) is 13.7. The zero-order valence-electron chi connectivity index (χ0n) is 19.0. The molecule has 1 aromatic rings. The molecular formula is C25H36N2O4S. The van der Waals surface area contributed by atoms with Gasteiger partial charge in [-0.2, -0.15) is 4.31 Å². The van der Waals surface area contributed by atoms with E-state index in [4.69, 9.17) is 0 Å². The van der Waals surface area contributed by atoms with E-state index in [9.17, 15) is 18.3 Å². The third kappa shape index (κ3) is 4.36. The van der Waals surface area contributed by atoms with Crippen LogP contribution >= 0.6 is 0 Å². The average molecular weight is 461 g/mol. The number of rotatable bonds is 6. The Balaban J connectivity index is 1.13. The van der Waals surface area contributed by atoms with Gasteiger partial charge in [0.1, 0.15) is 6.10 Å².